The third-order valence-corrected chi connectivity index (χ3v) is 0.698. The van der Waals surface area contributed by atoms with Gasteiger partial charge in [0.05, 0.1) is 5.92 Å². The topological polar surface area (TPSA) is 54.4 Å². The molecule has 0 bridgehead atoms. The van der Waals surface area contributed by atoms with Crippen LogP contribution in [0.25, 0.3) is 0 Å². The van der Waals surface area contributed by atoms with Gasteiger partial charge in [-0.25, -0.2) is 4.79 Å². The first-order valence-corrected chi connectivity index (χ1v) is 3.33. The van der Waals surface area contributed by atoms with Gasteiger partial charge >= 0.3 is 5.97 Å². The van der Waals surface area contributed by atoms with Crippen LogP contribution in [0.4, 0.5) is 0 Å². The highest BCUT2D eigenvalue weighted by molar-refractivity contribution is 5.68. The number of rotatable bonds is 1. The van der Waals surface area contributed by atoms with Crippen molar-refractivity contribution in [2.75, 3.05) is 0 Å². The number of hydrogen-bond donors (Lipinski definition) is 1. The predicted molar refractivity (Wildman–Crippen MR) is 43.0 cm³/mol. The van der Waals surface area contributed by atoms with Gasteiger partial charge in [0.1, 0.15) is 5.94 Å². The van der Waals surface area contributed by atoms with E-state index in [-0.39, 0.29) is 5.92 Å². The first-order chi connectivity index (χ1) is 4.91. The molecule has 0 spiro atoms. The highest BCUT2D eigenvalue weighted by Gasteiger charge is 1.99. The molecular formula is C8H14O3. The molecule has 3 heteroatoms. The van der Waals surface area contributed by atoms with E-state index >= 15 is 0 Å². The van der Waals surface area contributed by atoms with E-state index in [2.05, 4.69) is 0 Å². The van der Waals surface area contributed by atoms with Crippen LogP contribution >= 0.6 is 0 Å². The van der Waals surface area contributed by atoms with Crippen molar-refractivity contribution in [3.05, 3.63) is 5.57 Å². The Morgan fingerprint density at radius 2 is 1.55 bits per heavy atom. The summed E-state index contributed by atoms with van der Waals surface area (Å²) in [6.07, 6.45) is 0. The fourth-order valence-electron chi connectivity index (χ4n) is 0. The molecule has 0 saturated heterocycles. The van der Waals surface area contributed by atoms with Crippen LogP contribution in [-0.2, 0) is 9.59 Å². The highest BCUT2D eigenvalue weighted by atomic mass is 16.4. The summed E-state index contributed by atoms with van der Waals surface area (Å²) in [5.41, 5.74) is 0.699. The summed E-state index contributed by atoms with van der Waals surface area (Å²) in [6.45, 7) is 6.71. The minimum absolute atomic E-state index is 0.231. The molecule has 0 rings (SSSR count). The van der Waals surface area contributed by atoms with Crippen LogP contribution in [-0.4, -0.2) is 17.0 Å². The molecule has 11 heavy (non-hydrogen) atoms. The van der Waals surface area contributed by atoms with Gasteiger partial charge in [-0.3, -0.25) is 4.79 Å². The lowest BCUT2D eigenvalue weighted by atomic mass is 10.2. The van der Waals surface area contributed by atoms with Gasteiger partial charge in [-0.15, -0.1) is 0 Å². The van der Waals surface area contributed by atoms with E-state index in [4.69, 9.17) is 5.11 Å². The predicted octanol–water partition coefficient (Wildman–Crippen LogP) is 1.51. The van der Waals surface area contributed by atoms with Crippen LogP contribution in [0.3, 0.4) is 0 Å². The van der Waals surface area contributed by atoms with Crippen LogP contribution in [0.1, 0.15) is 27.7 Å². The quantitative estimate of drug-likeness (QED) is 0.588. The second kappa shape index (κ2) is 7.03. The largest absolute Gasteiger partial charge is 0.481 e. The normalized spacial score (nSPS) is 7.73. The van der Waals surface area contributed by atoms with Gasteiger partial charge in [0.25, 0.3) is 0 Å². The number of carbonyl (C=O) groups excluding carboxylic acids is 1. The van der Waals surface area contributed by atoms with Crippen molar-refractivity contribution >= 4 is 11.9 Å². The van der Waals surface area contributed by atoms with E-state index in [1.807, 2.05) is 0 Å². The zero-order valence-corrected chi connectivity index (χ0v) is 7.34. The van der Waals surface area contributed by atoms with Crippen molar-refractivity contribution in [3.8, 4) is 0 Å². The second-order valence-corrected chi connectivity index (χ2v) is 2.60. The molecule has 3 nitrogen and oxygen atoms in total. The van der Waals surface area contributed by atoms with Crippen molar-refractivity contribution in [2.45, 2.75) is 27.7 Å². The van der Waals surface area contributed by atoms with E-state index in [0.717, 1.165) is 0 Å². The Morgan fingerprint density at radius 3 is 1.55 bits per heavy atom. The van der Waals surface area contributed by atoms with Crippen LogP contribution in [0.15, 0.2) is 5.57 Å². The Bertz CT molecular complexity index is 160. The van der Waals surface area contributed by atoms with Crippen LogP contribution in [0.2, 0.25) is 0 Å². The summed E-state index contributed by atoms with van der Waals surface area (Å²) in [5, 5.41) is 7.99. The van der Waals surface area contributed by atoms with Gasteiger partial charge in [-0.1, -0.05) is 13.8 Å². The number of hydrogen-bond acceptors (Lipinski definition) is 2. The van der Waals surface area contributed by atoms with Gasteiger partial charge in [0, 0.05) is 5.57 Å². The third kappa shape index (κ3) is 17.6. The smallest absolute Gasteiger partial charge is 0.305 e. The summed E-state index contributed by atoms with van der Waals surface area (Å²) >= 11 is 0. The van der Waals surface area contributed by atoms with Gasteiger partial charge in [0.15, 0.2) is 0 Å². The number of aliphatic carboxylic acids is 1. The molecule has 0 radical (unpaired) electrons. The van der Waals surface area contributed by atoms with Crippen LogP contribution < -0.4 is 0 Å². The molecular weight excluding hydrogens is 144 g/mol. The first kappa shape index (κ1) is 12.6. The van der Waals surface area contributed by atoms with Gasteiger partial charge in [-0.2, -0.15) is 0 Å². The summed E-state index contributed by atoms with van der Waals surface area (Å²) in [4.78, 5) is 19.0. The molecule has 0 unspecified atom stereocenters. The number of allylic oxidation sites excluding steroid dienone is 1. The Morgan fingerprint density at radius 1 is 1.36 bits per heavy atom. The Kier molecular flexibility index (Phi) is 8.04. The monoisotopic (exact) mass is 158 g/mol. The van der Waals surface area contributed by atoms with Crippen molar-refractivity contribution < 1.29 is 14.7 Å². The van der Waals surface area contributed by atoms with Crippen molar-refractivity contribution in [2.24, 2.45) is 5.92 Å². The van der Waals surface area contributed by atoms with Crippen LogP contribution in [0, 0.1) is 5.92 Å². The minimum atomic E-state index is -0.741. The van der Waals surface area contributed by atoms with Gasteiger partial charge < -0.3 is 5.11 Å². The zero-order valence-electron chi connectivity index (χ0n) is 7.34. The average molecular weight is 158 g/mol. The van der Waals surface area contributed by atoms with Gasteiger partial charge in [-0.05, 0) is 13.8 Å². The molecule has 0 fully saturated rings. The number of carbonyl (C=O) groups is 1. The lowest BCUT2D eigenvalue weighted by Crippen LogP contribution is -2.03. The summed E-state index contributed by atoms with van der Waals surface area (Å²) in [5.74, 6) is 0.722. The maximum Gasteiger partial charge on any atom is 0.305 e. The van der Waals surface area contributed by atoms with Crippen molar-refractivity contribution in [1.82, 2.24) is 0 Å². The van der Waals surface area contributed by atoms with E-state index < -0.39 is 5.97 Å². The maximum absolute atomic E-state index is 9.70. The first-order valence-electron chi connectivity index (χ1n) is 3.33. The Balaban J connectivity index is 0. The minimum Gasteiger partial charge on any atom is -0.481 e. The highest BCUT2D eigenvalue weighted by Crippen LogP contribution is 1.87. The summed E-state index contributed by atoms with van der Waals surface area (Å²) in [6, 6.07) is 0. The van der Waals surface area contributed by atoms with E-state index in [0.29, 0.717) is 5.57 Å². The zero-order chi connectivity index (χ0) is 9.44. The molecule has 0 atom stereocenters. The van der Waals surface area contributed by atoms with Crippen molar-refractivity contribution in [1.29, 1.82) is 0 Å². The molecule has 1 N–H and O–H groups in total. The molecule has 64 valence electrons. The number of carboxylic acid groups (broad SMARTS) is 1. The SMILES string of the molecule is CC(C)=C=O.CC(C)C(=O)O. The summed E-state index contributed by atoms with van der Waals surface area (Å²) in [7, 11) is 0. The molecule has 0 saturated carbocycles. The molecule has 0 aliphatic rings. The van der Waals surface area contributed by atoms with E-state index in [9.17, 15) is 9.59 Å². The third-order valence-electron chi connectivity index (χ3n) is 0.698. The van der Waals surface area contributed by atoms with E-state index in [1.165, 1.54) is 0 Å². The van der Waals surface area contributed by atoms with Crippen LogP contribution in [0.5, 0.6) is 0 Å². The summed E-state index contributed by atoms with van der Waals surface area (Å²) < 4.78 is 0. The second-order valence-electron chi connectivity index (χ2n) is 2.60. The fourth-order valence-corrected chi connectivity index (χ4v) is 0. The standard InChI is InChI=1S/C4H8O2.C4H6O/c1-3(2)4(5)6;1-4(2)3-5/h3H,1-2H3,(H,5,6);1-2H3. The lowest BCUT2D eigenvalue weighted by Gasteiger charge is -1.89. The average Bonchev–Trinajstić information content (AvgIpc) is 1.89. The Labute approximate surface area is 66.7 Å². The maximum atomic E-state index is 9.70. The Hall–Kier alpha value is -1.08. The molecule has 0 amide bonds. The molecule has 0 aliphatic carbocycles. The van der Waals surface area contributed by atoms with Gasteiger partial charge in [0.2, 0.25) is 0 Å². The molecule has 0 aromatic carbocycles. The van der Waals surface area contributed by atoms with Crippen molar-refractivity contribution in [3.63, 3.8) is 0 Å². The number of carboxylic acids is 1. The van der Waals surface area contributed by atoms with E-state index in [1.54, 1.807) is 33.6 Å². The lowest BCUT2D eigenvalue weighted by molar-refractivity contribution is -0.140. The molecule has 0 aromatic rings. The fraction of sp³-hybridized carbons (Fsp3) is 0.625. The molecule has 0 aliphatic heterocycles. The molecule has 0 aromatic heterocycles. The molecule has 0 heterocycles.